The smallest absolute Gasteiger partial charge is 0.0435 e. The summed E-state index contributed by atoms with van der Waals surface area (Å²) in [5.74, 6) is 0. The summed E-state index contributed by atoms with van der Waals surface area (Å²) in [5.41, 5.74) is 8.12. The molecule has 0 aliphatic heterocycles. The van der Waals surface area contributed by atoms with Gasteiger partial charge in [-0.3, -0.25) is 4.98 Å². The van der Waals surface area contributed by atoms with E-state index < -0.39 is 0 Å². The summed E-state index contributed by atoms with van der Waals surface area (Å²) in [6, 6.07) is 4.07. The molecule has 1 heterocycles. The number of pyridine rings is 1. The van der Waals surface area contributed by atoms with E-state index >= 15 is 0 Å². The van der Waals surface area contributed by atoms with E-state index in [1.165, 1.54) is 31.2 Å². The minimum absolute atomic E-state index is 0.0508. The van der Waals surface area contributed by atoms with E-state index in [-0.39, 0.29) is 5.54 Å². The van der Waals surface area contributed by atoms with Crippen molar-refractivity contribution in [2.75, 3.05) is 0 Å². The van der Waals surface area contributed by atoms with E-state index in [0.29, 0.717) is 5.41 Å². The second-order valence-electron chi connectivity index (χ2n) is 4.75. The molecule has 0 saturated heterocycles. The van der Waals surface area contributed by atoms with Crippen LogP contribution in [0.25, 0.3) is 0 Å². The fraction of sp³-hybridized carbons (Fsp3) is 0.545. The van der Waals surface area contributed by atoms with Gasteiger partial charge in [0.1, 0.15) is 0 Å². The van der Waals surface area contributed by atoms with Crippen LogP contribution in [-0.2, 0) is 5.54 Å². The highest BCUT2D eigenvalue weighted by atomic mass is 14.9. The molecule has 2 nitrogen and oxygen atoms in total. The highest BCUT2D eigenvalue weighted by Crippen LogP contribution is 2.66. The van der Waals surface area contributed by atoms with Gasteiger partial charge in [-0.15, -0.1) is 0 Å². The molecular weight excluding hydrogens is 160 g/mol. The maximum atomic E-state index is 6.30. The van der Waals surface area contributed by atoms with Crippen LogP contribution in [0.5, 0.6) is 0 Å². The average molecular weight is 174 g/mol. The van der Waals surface area contributed by atoms with Crippen LogP contribution in [0.1, 0.15) is 31.2 Å². The first-order valence-electron chi connectivity index (χ1n) is 4.92. The van der Waals surface area contributed by atoms with Crippen molar-refractivity contribution < 1.29 is 0 Å². The van der Waals surface area contributed by atoms with Crippen molar-refractivity contribution in [2.24, 2.45) is 11.1 Å². The monoisotopic (exact) mass is 174 g/mol. The molecule has 1 aromatic rings. The summed E-state index contributed by atoms with van der Waals surface area (Å²) >= 11 is 0. The van der Waals surface area contributed by atoms with Gasteiger partial charge in [-0.1, -0.05) is 6.07 Å². The lowest BCUT2D eigenvalue weighted by Gasteiger charge is -2.46. The quantitative estimate of drug-likeness (QED) is 0.705. The molecule has 13 heavy (non-hydrogen) atoms. The first-order valence-corrected chi connectivity index (χ1v) is 4.92. The standard InChI is InChI=1S/C11H14N2/c12-11(7-10(8-11)3-4-10)9-2-1-5-13-6-9/h1-2,5-6H,3-4,7-8,12H2. The number of hydrogen-bond donors (Lipinski definition) is 1. The Kier molecular flexibility index (Phi) is 1.23. The van der Waals surface area contributed by atoms with Crippen molar-refractivity contribution in [2.45, 2.75) is 31.2 Å². The van der Waals surface area contributed by atoms with Crippen molar-refractivity contribution in [3.63, 3.8) is 0 Å². The van der Waals surface area contributed by atoms with Crippen LogP contribution in [0.4, 0.5) is 0 Å². The fourth-order valence-corrected chi connectivity index (χ4v) is 2.68. The molecule has 2 N–H and O–H groups in total. The lowest BCUT2D eigenvalue weighted by Crippen LogP contribution is -2.50. The summed E-state index contributed by atoms with van der Waals surface area (Å²) in [7, 11) is 0. The lowest BCUT2D eigenvalue weighted by atomic mass is 9.63. The molecular formula is C11H14N2. The summed E-state index contributed by atoms with van der Waals surface area (Å²) in [6.07, 6.45) is 8.85. The van der Waals surface area contributed by atoms with Gasteiger partial charge < -0.3 is 5.73 Å². The topological polar surface area (TPSA) is 38.9 Å². The molecule has 68 valence electrons. The zero-order valence-electron chi connectivity index (χ0n) is 7.66. The Balaban J connectivity index is 1.86. The molecule has 2 aliphatic carbocycles. The molecule has 0 amide bonds. The van der Waals surface area contributed by atoms with Crippen LogP contribution in [0.2, 0.25) is 0 Å². The molecule has 2 heteroatoms. The maximum absolute atomic E-state index is 6.30. The normalized spacial score (nSPS) is 26.8. The van der Waals surface area contributed by atoms with Crippen LogP contribution in [0, 0.1) is 5.41 Å². The third-order valence-corrected chi connectivity index (χ3v) is 3.57. The number of nitrogens with two attached hydrogens (primary N) is 1. The summed E-state index contributed by atoms with van der Waals surface area (Å²) in [6.45, 7) is 0. The van der Waals surface area contributed by atoms with Crippen molar-refractivity contribution in [3.05, 3.63) is 30.1 Å². The highest BCUT2D eigenvalue weighted by Gasteiger charge is 2.59. The van der Waals surface area contributed by atoms with Crippen LogP contribution >= 0.6 is 0 Å². The minimum Gasteiger partial charge on any atom is -0.321 e. The number of hydrogen-bond acceptors (Lipinski definition) is 2. The second-order valence-corrected chi connectivity index (χ2v) is 4.75. The lowest BCUT2D eigenvalue weighted by molar-refractivity contribution is 0.124. The van der Waals surface area contributed by atoms with Crippen molar-refractivity contribution in [1.29, 1.82) is 0 Å². The van der Waals surface area contributed by atoms with E-state index in [1.807, 2.05) is 12.3 Å². The van der Waals surface area contributed by atoms with Gasteiger partial charge in [0.2, 0.25) is 0 Å². The van der Waals surface area contributed by atoms with Gasteiger partial charge in [0, 0.05) is 17.9 Å². The number of nitrogens with zero attached hydrogens (tertiary/aromatic N) is 1. The van der Waals surface area contributed by atoms with Gasteiger partial charge in [0.15, 0.2) is 0 Å². The van der Waals surface area contributed by atoms with E-state index in [2.05, 4.69) is 11.1 Å². The predicted molar refractivity (Wildman–Crippen MR) is 51.0 cm³/mol. The Morgan fingerprint density at radius 2 is 2.08 bits per heavy atom. The van der Waals surface area contributed by atoms with Gasteiger partial charge in [0.25, 0.3) is 0 Å². The first-order chi connectivity index (χ1) is 6.23. The number of rotatable bonds is 1. The molecule has 0 unspecified atom stereocenters. The average Bonchev–Trinajstić information content (AvgIpc) is 2.85. The summed E-state index contributed by atoms with van der Waals surface area (Å²) in [5, 5.41) is 0. The molecule has 2 aliphatic rings. The molecule has 1 spiro atoms. The first kappa shape index (κ1) is 7.51. The molecule has 3 rings (SSSR count). The third-order valence-electron chi connectivity index (χ3n) is 3.57. The van der Waals surface area contributed by atoms with Gasteiger partial charge in [-0.2, -0.15) is 0 Å². The Morgan fingerprint density at radius 1 is 1.31 bits per heavy atom. The van der Waals surface area contributed by atoms with Crippen LogP contribution in [-0.4, -0.2) is 4.98 Å². The van der Waals surface area contributed by atoms with E-state index in [1.54, 1.807) is 6.20 Å². The van der Waals surface area contributed by atoms with Gasteiger partial charge in [0.05, 0.1) is 0 Å². The molecule has 1 aromatic heterocycles. The predicted octanol–water partition coefficient (Wildman–Crippen LogP) is 1.81. The zero-order valence-corrected chi connectivity index (χ0v) is 7.66. The second kappa shape index (κ2) is 2.13. The molecule has 0 aromatic carbocycles. The van der Waals surface area contributed by atoms with Crippen LogP contribution in [0.3, 0.4) is 0 Å². The minimum atomic E-state index is -0.0508. The third kappa shape index (κ3) is 1.02. The largest absolute Gasteiger partial charge is 0.321 e. The van der Waals surface area contributed by atoms with E-state index in [4.69, 9.17) is 5.73 Å². The van der Waals surface area contributed by atoms with Crippen molar-refractivity contribution >= 4 is 0 Å². The molecule has 2 fully saturated rings. The van der Waals surface area contributed by atoms with Crippen molar-refractivity contribution in [1.82, 2.24) is 4.98 Å². The summed E-state index contributed by atoms with van der Waals surface area (Å²) < 4.78 is 0. The van der Waals surface area contributed by atoms with Gasteiger partial charge >= 0.3 is 0 Å². The highest BCUT2D eigenvalue weighted by molar-refractivity contribution is 5.28. The van der Waals surface area contributed by atoms with Gasteiger partial charge in [-0.05, 0) is 42.7 Å². The Labute approximate surface area is 78.2 Å². The Hall–Kier alpha value is -0.890. The molecule has 0 radical (unpaired) electrons. The van der Waals surface area contributed by atoms with Gasteiger partial charge in [-0.25, -0.2) is 0 Å². The SMILES string of the molecule is NC1(c2cccnc2)CC2(CC2)C1. The Bertz CT molecular complexity index is 319. The molecule has 0 atom stereocenters. The molecule has 2 saturated carbocycles. The Morgan fingerprint density at radius 3 is 2.62 bits per heavy atom. The van der Waals surface area contributed by atoms with Crippen LogP contribution < -0.4 is 5.73 Å². The zero-order chi connectivity index (χ0) is 8.94. The molecule has 0 bridgehead atoms. The number of aromatic nitrogens is 1. The summed E-state index contributed by atoms with van der Waals surface area (Å²) in [4.78, 5) is 4.12. The van der Waals surface area contributed by atoms with E-state index in [9.17, 15) is 0 Å². The van der Waals surface area contributed by atoms with Crippen LogP contribution in [0.15, 0.2) is 24.5 Å². The van der Waals surface area contributed by atoms with Crippen molar-refractivity contribution in [3.8, 4) is 0 Å². The fourth-order valence-electron chi connectivity index (χ4n) is 2.68. The maximum Gasteiger partial charge on any atom is 0.0435 e. The van der Waals surface area contributed by atoms with E-state index in [0.717, 1.165) is 0 Å².